The molecule has 27 heavy (non-hydrogen) atoms. The molecular formula is C18H19N3O4S2. The summed E-state index contributed by atoms with van der Waals surface area (Å²) < 4.78 is 25.3. The second-order valence-corrected chi connectivity index (χ2v) is 9.41. The molecule has 0 unspecified atom stereocenters. The van der Waals surface area contributed by atoms with Crippen molar-refractivity contribution in [1.29, 1.82) is 0 Å². The van der Waals surface area contributed by atoms with E-state index in [2.05, 4.69) is 10.6 Å². The third kappa shape index (κ3) is 4.32. The average Bonchev–Trinajstić information content (AvgIpc) is 2.81. The monoisotopic (exact) mass is 405 g/mol. The van der Waals surface area contributed by atoms with Gasteiger partial charge in [0.2, 0.25) is 15.9 Å². The van der Waals surface area contributed by atoms with Crippen LogP contribution in [0.3, 0.4) is 0 Å². The van der Waals surface area contributed by atoms with Crippen molar-refractivity contribution in [3.63, 3.8) is 0 Å². The van der Waals surface area contributed by atoms with Gasteiger partial charge in [0.1, 0.15) is 0 Å². The van der Waals surface area contributed by atoms with E-state index in [1.54, 1.807) is 23.9 Å². The van der Waals surface area contributed by atoms with Gasteiger partial charge in [0.05, 0.1) is 10.6 Å². The zero-order valence-corrected chi connectivity index (χ0v) is 16.5. The lowest BCUT2D eigenvalue weighted by molar-refractivity contribution is -0.115. The van der Waals surface area contributed by atoms with Crippen LogP contribution in [0.4, 0.5) is 11.4 Å². The number of anilines is 2. The van der Waals surface area contributed by atoms with Crippen LogP contribution in [0.1, 0.15) is 16.8 Å². The number of carbonyl (C=O) groups is 2. The Kier molecular flexibility index (Phi) is 5.54. The minimum absolute atomic E-state index is 0.0727. The van der Waals surface area contributed by atoms with Crippen molar-refractivity contribution in [2.45, 2.75) is 16.2 Å². The second-order valence-electron chi connectivity index (χ2n) is 6.12. The molecule has 0 atom stereocenters. The summed E-state index contributed by atoms with van der Waals surface area (Å²) in [4.78, 5) is 25.3. The molecule has 1 aliphatic rings. The van der Waals surface area contributed by atoms with Crippen molar-refractivity contribution in [3.05, 3.63) is 48.0 Å². The summed E-state index contributed by atoms with van der Waals surface area (Å²) in [5, 5.41) is 5.54. The minimum atomic E-state index is -3.52. The van der Waals surface area contributed by atoms with Crippen LogP contribution in [0.5, 0.6) is 0 Å². The number of hydrogen-bond acceptors (Lipinski definition) is 5. The summed E-state index contributed by atoms with van der Waals surface area (Å²) in [6.07, 6.45) is 0.434. The molecule has 7 nitrogen and oxygen atoms in total. The fourth-order valence-corrected chi connectivity index (χ4v) is 4.32. The number of nitrogens with one attached hydrogen (secondary N) is 2. The van der Waals surface area contributed by atoms with Crippen LogP contribution in [0, 0.1) is 0 Å². The van der Waals surface area contributed by atoms with Gasteiger partial charge in [-0.15, -0.1) is 11.8 Å². The molecule has 142 valence electrons. The Labute approximate surface area is 162 Å². The largest absolute Gasteiger partial charge is 0.325 e. The second kappa shape index (κ2) is 7.71. The first kappa shape index (κ1) is 19.4. The number of thioether (sulfide) groups is 1. The zero-order valence-electron chi connectivity index (χ0n) is 14.9. The van der Waals surface area contributed by atoms with E-state index in [0.29, 0.717) is 29.1 Å². The summed E-state index contributed by atoms with van der Waals surface area (Å²) in [5.74, 6) is 0.285. The maximum atomic E-state index is 12.5. The smallest absolute Gasteiger partial charge is 0.255 e. The standard InChI is InChI=1S/C18H19N3O4S2/c1-21(2)27(24,25)14-6-4-13(5-7-14)19-18(23)12-3-8-16-15(11-12)20-17(22)9-10-26-16/h3-8,11H,9-10H2,1-2H3,(H,19,23)(H,20,22). The number of amides is 2. The number of sulfonamides is 1. The van der Waals surface area contributed by atoms with E-state index in [4.69, 9.17) is 0 Å². The molecule has 3 rings (SSSR count). The maximum Gasteiger partial charge on any atom is 0.255 e. The van der Waals surface area contributed by atoms with Crippen LogP contribution >= 0.6 is 11.8 Å². The minimum Gasteiger partial charge on any atom is -0.325 e. The fraction of sp³-hybridized carbons (Fsp3) is 0.222. The Morgan fingerprint density at radius 1 is 1.15 bits per heavy atom. The van der Waals surface area contributed by atoms with Crippen LogP contribution in [-0.4, -0.2) is 44.4 Å². The van der Waals surface area contributed by atoms with E-state index < -0.39 is 10.0 Å². The quantitative estimate of drug-likeness (QED) is 0.815. The van der Waals surface area contributed by atoms with E-state index in [1.807, 2.05) is 6.07 Å². The predicted octanol–water partition coefficient (Wildman–Crippen LogP) is 2.62. The van der Waals surface area contributed by atoms with Crippen LogP contribution in [0.2, 0.25) is 0 Å². The zero-order chi connectivity index (χ0) is 19.6. The molecule has 2 aromatic carbocycles. The van der Waals surface area contributed by atoms with Gasteiger partial charge < -0.3 is 10.6 Å². The highest BCUT2D eigenvalue weighted by atomic mass is 32.2. The topological polar surface area (TPSA) is 95.6 Å². The van der Waals surface area contributed by atoms with Crippen molar-refractivity contribution < 1.29 is 18.0 Å². The van der Waals surface area contributed by atoms with Gasteiger partial charge in [-0.25, -0.2) is 12.7 Å². The molecule has 0 saturated heterocycles. The SMILES string of the molecule is CN(C)S(=O)(=O)c1ccc(NC(=O)c2ccc3c(c2)NC(=O)CCS3)cc1. The number of rotatable bonds is 4. The van der Waals surface area contributed by atoms with Gasteiger partial charge in [0.25, 0.3) is 5.91 Å². The molecule has 0 saturated carbocycles. The van der Waals surface area contributed by atoms with E-state index in [-0.39, 0.29) is 16.7 Å². The summed E-state index contributed by atoms with van der Waals surface area (Å²) in [6, 6.07) is 11.1. The van der Waals surface area contributed by atoms with Gasteiger partial charge in [-0.3, -0.25) is 9.59 Å². The molecule has 0 radical (unpaired) electrons. The highest BCUT2D eigenvalue weighted by Gasteiger charge is 2.18. The average molecular weight is 406 g/mol. The third-order valence-corrected chi connectivity index (χ3v) is 6.90. The summed E-state index contributed by atoms with van der Waals surface area (Å²) >= 11 is 1.57. The number of fused-ring (bicyclic) bond motifs is 1. The Morgan fingerprint density at radius 2 is 1.85 bits per heavy atom. The summed E-state index contributed by atoms with van der Waals surface area (Å²) in [5.41, 5.74) is 1.51. The molecule has 0 fully saturated rings. The van der Waals surface area contributed by atoms with Crippen molar-refractivity contribution in [1.82, 2.24) is 4.31 Å². The fourth-order valence-electron chi connectivity index (χ4n) is 2.49. The molecule has 0 spiro atoms. The molecule has 1 aliphatic heterocycles. The molecule has 2 N–H and O–H groups in total. The van der Waals surface area contributed by atoms with Crippen molar-refractivity contribution >= 4 is 45.0 Å². The summed E-state index contributed by atoms with van der Waals surface area (Å²) in [6.45, 7) is 0. The molecule has 9 heteroatoms. The normalized spacial score (nSPS) is 14.3. The number of hydrogen-bond donors (Lipinski definition) is 2. The summed E-state index contributed by atoms with van der Waals surface area (Å²) in [7, 11) is -0.598. The molecule has 2 aromatic rings. The van der Waals surface area contributed by atoms with Crippen molar-refractivity contribution in [3.8, 4) is 0 Å². The lowest BCUT2D eigenvalue weighted by atomic mass is 10.1. The Bertz CT molecular complexity index is 986. The van der Waals surface area contributed by atoms with E-state index >= 15 is 0 Å². The lowest BCUT2D eigenvalue weighted by Gasteiger charge is -2.12. The van der Waals surface area contributed by atoms with Crippen molar-refractivity contribution in [2.24, 2.45) is 0 Å². The van der Waals surface area contributed by atoms with Crippen LogP contribution in [0.25, 0.3) is 0 Å². The molecule has 0 bridgehead atoms. The van der Waals surface area contributed by atoms with Gasteiger partial charge in [-0.1, -0.05) is 0 Å². The van der Waals surface area contributed by atoms with Crippen LogP contribution in [-0.2, 0) is 14.8 Å². The molecule has 0 aromatic heterocycles. The molecule has 0 aliphatic carbocycles. The Balaban J connectivity index is 1.77. The molecule has 2 amide bonds. The van der Waals surface area contributed by atoms with Crippen LogP contribution < -0.4 is 10.6 Å². The van der Waals surface area contributed by atoms with Crippen LogP contribution in [0.15, 0.2) is 52.3 Å². The molecular weight excluding hydrogens is 386 g/mol. The van der Waals surface area contributed by atoms with E-state index in [0.717, 1.165) is 9.20 Å². The van der Waals surface area contributed by atoms with E-state index in [1.165, 1.54) is 38.4 Å². The number of nitrogens with zero attached hydrogens (tertiary/aromatic N) is 1. The first-order valence-corrected chi connectivity index (χ1v) is 10.6. The highest BCUT2D eigenvalue weighted by molar-refractivity contribution is 7.99. The highest BCUT2D eigenvalue weighted by Crippen LogP contribution is 2.31. The van der Waals surface area contributed by atoms with Gasteiger partial charge in [0, 0.05) is 42.4 Å². The first-order chi connectivity index (χ1) is 12.8. The first-order valence-electron chi connectivity index (χ1n) is 8.18. The lowest BCUT2D eigenvalue weighted by Crippen LogP contribution is -2.22. The number of carbonyl (C=O) groups excluding carboxylic acids is 2. The van der Waals surface area contributed by atoms with Gasteiger partial charge in [0.15, 0.2) is 0 Å². The van der Waals surface area contributed by atoms with Gasteiger partial charge in [-0.05, 0) is 42.5 Å². The predicted molar refractivity (Wildman–Crippen MR) is 106 cm³/mol. The Morgan fingerprint density at radius 3 is 2.52 bits per heavy atom. The number of benzene rings is 2. The molecule has 1 heterocycles. The van der Waals surface area contributed by atoms with E-state index in [9.17, 15) is 18.0 Å². The third-order valence-electron chi connectivity index (χ3n) is 3.99. The van der Waals surface area contributed by atoms with Gasteiger partial charge in [-0.2, -0.15) is 0 Å². The Hall–Kier alpha value is -2.36. The van der Waals surface area contributed by atoms with Gasteiger partial charge >= 0.3 is 0 Å². The maximum absolute atomic E-state index is 12.5. The van der Waals surface area contributed by atoms with Crippen molar-refractivity contribution in [2.75, 3.05) is 30.5 Å².